The minimum absolute atomic E-state index is 0.0288. The van der Waals surface area contributed by atoms with E-state index >= 15 is 0 Å². The number of allylic oxidation sites excluding steroid dienone is 4. The number of hydrogen-bond acceptors (Lipinski definition) is 2. The van der Waals surface area contributed by atoms with Crippen molar-refractivity contribution in [1.82, 2.24) is 0 Å². The Kier molecular flexibility index (Phi) is 3.01. The lowest BCUT2D eigenvalue weighted by molar-refractivity contribution is -0.115. The van der Waals surface area contributed by atoms with Crippen LogP contribution in [0.5, 0.6) is 0 Å². The summed E-state index contributed by atoms with van der Waals surface area (Å²) >= 11 is 1.32. The van der Waals surface area contributed by atoms with Crippen molar-refractivity contribution >= 4 is 16.9 Å². The number of hydrogen-bond donors (Lipinski definition) is 0. The van der Waals surface area contributed by atoms with Crippen molar-refractivity contribution in [2.75, 3.05) is 6.26 Å². The molecule has 0 aromatic heterocycles. The van der Waals surface area contributed by atoms with Crippen LogP contribution in [0.15, 0.2) is 23.8 Å². The van der Waals surface area contributed by atoms with Gasteiger partial charge in [0.2, 0.25) is 0 Å². The Bertz CT molecular complexity index is 274. The first kappa shape index (κ1) is 10.6. The van der Waals surface area contributed by atoms with Gasteiger partial charge in [0.1, 0.15) is 0 Å². The molecular formula is C11H16OS. The Morgan fingerprint density at radius 3 is 2.62 bits per heavy atom. The lowest BCUT2D eigenvalue weighted by Gasteiger charge is -2.33. The topological polar surface area (TPSA) is 17.1 Å². The molecule has 0 aromatic rings. The highest BCUT2D eigenvalue weighted by Gasteiger charge is 2.35. The highest BCUT2D eigenvalue weighted by atomic mass is 32.2. The molecule has 1 atom stereocenters. The molecule has 1 nitrogen and oxygen atoms in total. The summed E-state index contributed by atoms with van der Waals surface area (Å²) in [6.07, 6.45) is 8.03. The first-order valence-corrected chi connectivity index (χ1v) is 5.65. The van der Waals surface area contributed by atoms with Gasteiger partial charge in [-0.15, -0.1) is 0 Å². The molecule has 0 heterocycles. The summed E-state index contributed by atoms with van der Waals surface area (Å²) < 4.78 is 0. The minimum atomic E-state index is -0.0288. The van der Waals surface area contributed by atoms with E-state index in [9.17, 15) is 4.79 Å². The number of carbonyl (C=O) groups excluding carboxylic acids is 1. The third-order valence-electron chi connectivity index (χ3n) is 2.52. The second kappa shape index (κ2) is 3.70. The molecule has 0 aromatic carbocycles. The van der Waals surface area contributed by atoms with Crippen molar-refractivity contribution in [3.8, 4) is 0 Å². The maximum absolute atomic E-state index is 11.7. The van der Waals surface area contributed by atoms with E-state index in [1.807, 2.05) is 25.3 Å². The van der Waals surface area contributed by atoms with Crippen molar-refractivity contribution in [3.05, 3.63) is 23.8 Å². The Morgan fingerprint density at radius 1 is 1.54 bits per heavy atom. The van der Waals surface area contributed by atoms with Gasteiger partial charge in [-0.25, -0.2) is 0 Å². The summed E-state index contributed by atoms with van der Waals surface area (Å²) in [7, 11) is 0. The van der Waals surface area contributed by atoms with Gasteiger partial charge in [-0.1, -0.05) is 49.4 Å². The maximum atomic E-state index is 11.7. The molecule has 0 saturated carbocycles. The van der Waals surface area contributed by atoms with Gasteiger partial charge in [0, 0.05) is 0 Å². The number of carbonyl (C=O) groups is 1. The van der Waals surface area contributed by atoms with E-state index in [-0.39, 0.29) is 16.4 Å². The zero-order valence-corrected chi connectivity index (χ0v) is 9.44. The lowest BCUT2D eigenvalue weighted by atomic mass is 9.73. The molecule has 72 valence electrons. The molecular weight excluding hydrogens is 180 g/mol. The largest absolute Gasteiger partial charge is 0.287 e. The minimum Gasteiger partial charge on any atom is -0.287 e. The predicted molar refractivity (Wildman–Crippen MR) is 58.7 cm³/mol. The predicted octanol–water partition coefficient (Wildman–Crippen LogP) is 3.03. The fourth-order valence-electron chi connectivity index (χ4n) is 1.83. The standard InChI is InChI=1S/C11H16OS/c1-8-6-5-7-11(2,3)9(8)10(12)13-4/h5-7,9H,1-4H3. The second-order valence-electron chi connectivity index (χ2n) is 4.05. The zero-order valence-electron chi connectivity index (χ0n) is 8.63. The van der Waals surface area contributed by atoms with Crippen LogP contribution in [0.4, 0.5) is 0 Å². The summed E-state index contributed by atoms with van der Waals surface area (Å²) in [6.45, 7) is 6.25. The molecule has 0 N–H and O–H groups in total. The Labute approximate surface area is 84.3 Å². The smallest absolute Gasteiger partial charge is 0.196 e. The summed E-state index contributed by atoms with van der Waals surface area (Å²) in [4.78, 5) is 11.7. The molecule has 0 bridgehead atoms. The van der Waals surface area contributed by atoms with Gasteiger partial charge >= 0.3 is 0 Å². The van der Waals surface area contributed by atoms with Crippen molar-refractivity contribution in [2.45, 2.75) is 20.8 Å². The maximum Gasteiger partial charge on any atom is 0.196 e. The van der Waals surface area contributed by atoms with Crippen LogP contribution in [0.3, 0.4) is 0 Å². The van der Waals surface area contributed by atoms with E-state index in [1.165, 1.54) is 17.3 Å². The van der Waals surface area contributed by atoms with Gasteiger partial charge in [0.15, 0.2) is 5.12 Å². The second-order valence-corrected chi connectivity index (χ2v) is 4.86. The molecule has 0 saturated heterocycles. The molecule has 1 rings (SSSR count). The molecule has 0 spiro atoms. The third kappa shape index (κ3) is 2.05. The van der Waals surface area contributed by atoms with Gasteiger partial charge in [-0.2, -0.15) is 0 Å². The Balaban J connectivity index is 2.99. The molecule has 0 fully saturated rings. The van der Waals surface area contributed by atoms with Crippen LogP contribution in [0.2, 0.25) is 0 Å². The van der Waals surface area contributed by atoms with Crippen molar-refractivity contribution in [3.63, 3.8) is 0 Å². The quantitative estimate of drug-likeness (QED) is 0.641. The van der Waals surface area contributed by atoms with Crippen LogP contribution in [-0.2, 0) is 4.79 Å². The van der Waals surface area contributed by atoms with E-state index in [0.29, 0.717) is 0 Å². The normalized spacial score (nSPS) is 25.5. The molecule has 1 aliphatic rings. The van der Waals surface area contributed by atoms with Gasteiger partial charge in [0.25, 0.3) is 0 Å². The Morgan fingerprint density at radius 2 is 2.15 bits per heavy atom. The van der Waals surface area contributed by atoms with Gasteiger partial charge in [-0.05, 0) is 18.6 Å². The fraction of sp³-hybridized carbons (Fsp3) is 0.545. The first-order chi connectivity index (χ1) is 5.99. The molecule has 0 radical (unpaired) electrons. The monoisotopic (exact) mass is 196 g/mol. The fourth-order valence-corrected chi connectivity index (χ4v) is 2.56. The SMILES string of the molecule is CSC(=O)C1C(C)=CC=CC1(C)C. The number of thioether (sulfide) groups is 1. The summed E-state index contributed by atoms with van der Waals surface area (Å²) in [5.74, 6) is 0.0486. The highest BCUT2D eigenvalue weighted by Crippen LogP contribution is 2.39. The molecule has 1 aliphatic carbocycles. The zero-order chi connectivity index (χ0) is 10.1. The van der Waals surface area contributed by atoms with Crippen molar-refractivity contribution in [2.24, 2.45) is 11.3 Å². The van der Waals surface area contributed by atoms with Gasteiger partial charge in [-0.3, -0.25) is 4.79 Å². The van der Waals surface area contributed by atoms with Crippen LogP contribution in [-0.4, -0.2) is 11.4 Å². The summed E-state index contributed by atoms with van der Waals surface area (Å²) in [5.41, 5.74) is 1.14. The summed E-state index contributed by atoms with van der Waals surface area (Å²) in [5, 5.41) is 0.267. The molecule has 2 heteroatoms. The highest BCUT2D eigenvalue weighted by molar-refractivity contribution is 8.13. The summed E-state index contributed by atoms with van der Waals surface area (Å²) in [6, 6.07) is 0. The van der Waals surface area contributed by atoms with E-state index in [4.69, 9.17) is 0 Å². The van der Waals surface area contributed by atoms with Crippen LogP contribution in [0.25, 0.3) is 0 Å². The average Bonchev–Trinajstić information content (AvgIpc) is 2.02. The Hall–Kier alpha value is -0.500. The van der Waals surface area contributed by atoms with Gasteiger partial charge in [0.05, 0.1) is 5.92 Å². The van der Waals surface area contributed by atoms with Crippen LogP contribution in [0, 0.1) is 11.3 Å². The number of rotatable bonds is 1. The van der Waals surface area contributed by atoms with Crippen molar-refractivity contribution < 1.29 is 4.79 Å². The average molecular weight is 196 g/mol. The molecule has 0 aliphatic heterocycles. The van der Waals surface area contributed by atoms with Crippen LogP contribution >= 0.6 is 11.8 Å². The first-order valence-electron chi connectivity index (χ1n) is 4.43. The van der Waals surface area contributed by atoms with E-state index < -0.39 is 0 Å². The van der Waals surface area contributed by atoms with Crippen molar-refractivity contribution in [1.29, 1.82) is 0 Å². The van der Waals surface area contributed by atoms with Crippen LogP contribution < -0.4 is 0 Å². The third-order valence-corrected chi connectivity index (χ3v) is 3.16. The van der Waals surface area contributed by atoms with Crippen LogP contribution in [0.1, 0.15) is 20.8 Å². The molecule has 13 heavy (non-hydrogen) atoms. The van der Waals surface area contributed by atoms with E-state index in [0.717, 1.165) is 0 Å². The van der Waals surface area contributed by atoms with E-state index in [1.54, 1.807) is 0 Å². The van der Waals surface area contributed by atoms with E-state index in [2.05, 4.69) is 19.9 Å². The molecule has 1 unspecified atom stereocenters. The lowest BCUT2D eigenvalue weighted by Crippen LogP contribution is -2.30. The molecule has 0 amide bonds. The van der Waals surface area contributed by atoms with Gasteiger partial charge < -0.3 is 0 Å².